The Morgan fingerprint density at radius 2 is 1.97 bits per heavy atom. The molecule has 1 fully saturated rings. The normalized spacial score (nSPS) is 17.2. The summed E-state index contributed by atoms with van der Waals surface area (Å²) in [6.45, 7) is 0.684. The van der Waals surface area contributed by atoms with Crippen LogP contribution < -0.4 is 16.0 Å². The highest BCUT2D eigenvalue weighted by molar-refractivity contribution is 7.99. The van der Waals surface area contributed by atoms with Crippen LogP contribution in [-0.2, 0) is 0 Å². The van der Waals surface area contributed by atoms with Gasteiger partial charge < -0.3 is 15.7 Å². The topological polar surface area (TPSA) is 90.5 Å². The van der Waals surface area contributed by atoms with E-state index in [1.807, 2.05) is 12.1 Å². The number of amides is 2. The maximum Gasteiger partial charge on any atom is 0.256 e. The van der Waals surface area contributed by atoms with Crippen LogP contribution in [0.2, 0.25) is 0 Å². The highest BCUT2D eigenvalue weighted by atomic mass is 32.2. The number of nitrogens with one attached hydrogen (secondary N) is 3. The lowest BCUT2D eigenvalue weighted by molar-refractivity contribution is 0.0948. The molecule has 0 bridgehead atoms. The monoisotopic (exact) mass is 439 g/mol. The van der Waals surface area contributed by atoms with Gasteiger partial charge in [-0.1, -0.05) is 49.9 Å². The van der Waals surface area contributed by atoms with Gasteiger partial charge >= 0.3 is 0 Å². The van der Waals surface area contributed by atoms with Crippen molar-refractivity contribution in [1.29, 1.82) is 0 Å². The van der Waals surface area contributed by atoms with Gasteiger partial charge in [0.25, 0.3) is 11.8 Å². The highest BCUT2D eigenvalue weighted by Gasteiger charge is 2.22. The molecule has 1 unspecified atom stereocenters. The van der Waals surface area contributed by atoms with Crippen molar-refractivity contribution in [2.45, 2.75) is 54.5 Å². The van der Waals surface area contributed by atoms with E-state index in [0.29, 0.717) is 28.9 Å². The van der Waals surface area contributed by atoms with Gasteiger partial charge in [-0.15, -0.1) is 0 Å². The molecule has 164 valence electrons. The zero-order chi connectivity index (χ0) is 21.8. The van der Waals surface area contributed by atoms with E-state index >= 15 is 0 Å². The Hall–Kier alpha value is -2.35. The molecule has 0 spiro atoms. The summed E-state index contributed by atoms with van der Waals surface area (Å²) in [7, 11) is 1.67. The molecule has 4 N–H and O–H groups in total. The Kier molecular flexibility index (Phi) is 6.95. The van der Waals surface area contributed by atoms with Crippen LogP contribution in [0.1, 0.15) is 71.0 Å². The second-order valence-electron chi connectivity index (χ2n) is 8.26. The van der Waals surface area contributed by atoms with E-state index in [2.05, 4.69) is 16.0 Å². The zero-order valence-electron chi connectivity index (χ0n) is 17.7. The Labute approximate surface area is 187 Å². The molecule has 6 nitrogen and oxygen atoms in total. The lowest BCUT2D eigenvalue weighted by Gasteiger charge is -2.21. The predicted molar refractivity (Wildman–Crippen MR) is 123 cm³/mol. The molecule has 2 aliphatic rings. The fourth-order valence-corrected chi connectivity index (χ4v) is 5.34. The summed E-state index contributed by atoms with van der Waals surface area (Å²) < 4.78 is 0. The van der Waals surface area contributed by atoms with E-state index in [1.165, 1.54) is 43.9 Å². The van der Waals surface area contributed by atoms with Crippen LogP contribution >= 0.6 is 11.8 Å². The summed E-state index contributed by atoms with van der Waals surface area (Å²) in [6, 6.07) is 10.7. The molecule has 2 aromatic carbocycles. The number of benzene rings is 2. The molecule has 31 heavy (non-hydrogen) atoms. The van der Waals surface area contributed by atoms with Crippen molar-refractivity contribution in [2.75, 3.05) is 18.9 Å². The Morgan fingerprint density at radius 1 is 1.16 bits per heavy atom. The average Bonchev–Trinajstić information content (AvgIpc) is 2.93. The minimum atomic E-state index is -0.795. The second-order valence-corrected chi connectivity index (χ2v) is 9.35. The lowest BCUT2D eigenvalue weighted by Crippen LogP contribution is -2.26. The molecule has 1 heterocycles. The van der Waals surface area contributed by atoms with Crippen LogP contribution in [-0.4, -0.2) is 30.5 Å². The third kappa shape index (κ3) is 5.11. The quantitative estimate of drug-likeness (QED) is 0.504. The van der Waals surface area contributed by atoms with Crippen molar-refractivity contribution in [3.05, 3.63) is 53.1 Å². The number of hydrogen-bond acceptors (Lipinski definition) is 5. The summed E-state index contributed by atoms with van der Waals surface area (Å²) in [5, 5.41) is 18.8. The molecule has 2 aromatic rings. The number of aliphatic hydroxyl groups excluding tert-OH is 1. The van der Waals surface area contributed by atoms with Gasteiger partial charge in [-0.05, 0) is 55.3 Å². The van der Waals surface area contributed by atoms with Gasteiger partial charge in [-0.2, -0.15) is 0 Å². The first kappa shape index (κ1) is 21.9. The Morgan fingerprint density at radius 3 is 2.74 bits per heavy atom. The standard InChI is InChI=1S/C24H29N3O3S/c1-25-22(28)17-7-9-18-21(14-17)31-20-10-8-16(13-19(20)27-24(18)30)23(29)26-12-11-15-5-3-2-4-6-15/h7-10,13-15,22,25,28H,2-6,11-12H2,1H3,(H,26,29)(H,27,30). The van der Waals surface area contributed by atoms with E-state index in [0.717, 1.165) is 22.1 Å². The number of hydrogen-bond donors (Lipinski definition) is 4. The van der Waals surface area contributed by atoms with Crippen LogP contribution in [0, 0.1) is 5.92 Å². The van der Waals surface area contributed by atoms with E-state index < -0.39 is 6.23 Å². The summed E-state index contributed by atoms with van der Waals surface area (Å²) in [5.41, 5.74) is 2.41. The fraction of sp³-hybridized carbons (Fsp3) is 0.417. The van der Waals surface area contributed by atoms with Gasteiger partial charge in [0.15, 0.2) is 0 Å². The molecule has 1 aliphatic carbocycles. The first-order valence-corrected chi connectivity index (χ1v) is 11.8. The van der Waals surface area contributed by atoms with Crippen molar-refractivity contribution in [3.8, 4) is 0 Å². The first-order valence-electron chi connectivity index (χ1n) is 11.0. The molecule has 7 heteroatoms. The fourth-order valence-electron chi connectivity index (χ4n) is 4.28. The van der Waals surface area contributed by atoms with Crippen molar-refractivity contribution < 1.29 is 14.7 Å². The lowest BCUT2D eigenvalue weighted by atomic mass is 9.87. The molecule has 1 atom stereocenters. The third-order valence-electron chi connectivity index (χ3n) is 6.11. The summed E-state index contributed by atoms with van der Waals surface area (Å²) in [6.07, 6.45) is 6.72. The van der Waals surface area contributed by atoms with E-state index in [-0.39, 0.29) is 11.8 Å². The van der Waals surface area contributed by atoms with E-state index in [9.17, 15) is 14.7 Å². The molecule has 0 radical (unpaired) electrons. The maximum atomic E-state index is 12.7. The molecule has 0 saturated heterocycles. The molecule has 1 saturated carbocycles. The van der Waals surface area contributed by atoms with Gasteiger partial charge in [0.2, 0.25) is 0 Å². The van der Waals surface area contributed by atoms with Gasteiger partial charge in [-0.3, -0.25) is 14.9 Å². The second kappa shape index (κ2) is 9.85. The maximum absolute atomic E-state index is 12.7. The molecule has 1 aliphatic heterocycles. The van der Waals surface area contributed by atoms with Crippen LogP contribution in [0.3, 0.4) is 0 Å². The summed E-state index contributed by atoms with van der Waals surface area (Å²) in [4.78, 5) is 27.0. The minimum Gasteiger partial charge on any atom is -0.374 e. The third-order valence-corrected chi connectivity index (χ3v) is 7.25. The predicted octanol–water partition coefficient (Wildman–Crippen LogP) is 4.31. The number of anilines is 1. The molecular formula is C24H29N3O3S. The van der Waals surface area contributed by atoms with E-state index in [4.69, 9.17) is 0 Å². The van der Waals surface area contributed by atoms with E-state index in [1.54, 1.807) is 31.3 Å². The molecule has 2 amide bonds. The SMILES string of the molecule is CNC(O)c1ccc2c(c1)Sc1ccc(C(=O)NCCC3CCCCC3)cc1NC2=O. The van der Waals surface area contributed by atoms with Crippen molar-refractivity contribution in [1.82, 2.24) is 10.6 Å². The molecule has 0 aromatic heterocycles. The van der Waals surface area contributed by atoms with Crippen molar-refractivity contribution in [2.24, 2.45) is 5.92 Å². The number of carbonyl (C=O) groups excluding carboxylic acids is 2. The largest absolute Gasteiger partial charge is 0.374 e. The van der Waals surface area contributed by atoms with Crippen LogP contribution in [0.25, 0.3) is 0 Å². The Bertz CT molecular complexity index is 973. The van der Waals surface area contributed by atoms with Gasteiger partial charge in [-0.25, -0.2) is 0 Å². The van der Waals surface area contributed by atoms with Crippen molar-refractivity contribution in [3.63, 3.8) is 0 Å². The van der Waals surface area contributed by atoms with Gasteiger partial charge in [0.1, 0.15) is 6.23 Å². The summed E-state index contributed by atoms with van der Waals surface area (Å²) >= 11 is 1.45. The van der Waals surface area contributed by atoms with Crippen LogP contribution in [0.4, 0.5) is 5.69 Å². The minimum absolute atomic E-state index is 0.112. The van der Waals surface area contributed by atoms with Crippen molar-refractivity contribution >= 4 is 29.3 Å². The highest BCUT2D eigenvalue weighted by Crippen LogP contribution is 2.40. The number of fused-ring (bicyclic) bond motifs is 2. The molecule has 4 rings (SSSR count). The van der Waals surface area contributed by atoms with Gasteiger partial charge in [0.05, 0.1) is 11.3 Å². The number of aliphatic hydroxyl groups is 1. The molecular weight excluding hydrogens is 410 g/mol. The smallest absolute Gasteiger partial charge is 0.256 e. The summed E-state index contributed by atoms with van der Waals surface area (Å²) in [5.74, 6) is 0.391. The average molecular weight is 440 g/mol. The van der Waals surface area contributed by atoms with Crippen LogP contribution in [0.5, 0.6) is 0 Å². The Balaban J connectivity index is 1.46. The van der Waals surface area contributed by atoms with Gasteiger partial charge in [0, 0.05) is 21.9 Å². The van der Waals surface area contributed by atoms with Crippen LogP contribution in [0.15, 0.2) is 46.2 Å². The number of carbonyl (C=O) groups is 2. The number of rotatable bonds is 6. The zero-order valence-corrected chi connectivity index (χ0v) is 18.6. The first-order chi connectivity index (χ1) is 15.0.